The summed E-state index contributed by atoms with van der Waals surface area (Å²) in [5, 5.41) is 2.80. The van der Waals surface area contributed by atoms with Gasteiger partial charge in [0.1, 0.15) is 6.10 Å². The molecule has 0 aliphatic heterocycles. The highest BCUT2D eigenvalue weighted by Crippen LogP contribution is 2.24. The van der Waals surface area contributed by atoms with Crippen molar-refractivity contribution in [1.29, 1.82) is 0 Å². The number of thioether (sulfide) groups is 1. The molecule has 1 atom stereocenters. The number of amides is 1. The second-order valence-electron chi connectivity index (χ2n) is 3.15. The van der Waals surface area contributed by atoms with Crippen LogP contribution in [0.25, 0.3) is 0 Å². The number of anilines is 1. The van der Waals surface area contributed by atoms with Gasteiger partial charge in [-0.15, -0.1) is 11.8 Å². The number of carbonyl (C=O) groups is 1. The van der Waals surface area contributed by atoms with Crippen LogP contribution in [0.15, 0.2) is 29.2 Å². The van der Waals surface area contributed by atoms with Gasteiger partial charge in [0.05, 0.1) is 5.69 Å². The smallest absolute Gasteiger partial charge is 0.254 e. The number of methoxy groups -OCH3 is 1. The molecule has 0 spiro atoms. The minimum absolute atomic E-state index is 0.170. The molecule has 1 aromatic carbocycles. The Bertz CT molecular complexity index is 354. The molecule has 1 unspecified atom stereocenters. The molecule has 0 aliphatic rings. The van der Waals surface area contributed by atoms with Crippen LogP contribution >= 0.6 is 11.8 Å². The Morgan fingerprint density at radius 2 is 2.25 bits per heavy atom. The zero-order valence-corrected chi connectivity index (χ0v) is 10.2. The monoisotopic (exact) mass is 240 g/mol. The first-order chi connectivity index (χ1) is 7.72. The summed E-state index contributed by atoms with van der Waals surface area (Å²) in [5.41, 5.74) is 6.20. The fourth-order valence-electron chi connectivity index (χ4n) is 1.27. The van der Waals surface area contributed by atoms with Gasteiger partial charge < -0.3 is 15.8 Å². The van der Waals surface area contributed by atoms with Gasteiger partial charge in [0, 0.05) is 18.6 Å². The summed E-state index contributed by atoms with van der Waals surface area (Å²) >= 11 is 1.58. The molecule has 4 nitrogen and oxygen atoms in total. The lowest BCUT2D eigenvalue weighted by Gasteiger charge is -2.14. The summed E-state index contributed by atoms with van der Waals surface area (Å²) in [5.74, 6) is -0.216. The van der Waals surface area contributed by atoms with Crippen molar-refractivity contribution in [2.24, 2.45) is 5.73 Å². The standard InChI is InChI=1S/C11H16N2O2S/c1-15-9(7-12)11(14)13-8-5-3-4-6-10(8)16-2/h3-6,9H,7,12H2,1-2H3,(H,13,14). The molecule has 1 amide bonds. The molecule has 0 aliphatic carbocycles. The number of carbonyl (C=O) groups excluding carboxylic acids is 1. The lowest BCUT2D eigenvalue weighted by molar-refractivity contribution is -0.125. The summed E-state index contributed by atoms with van der Waals surface area (Å²) in [7, 11) is 1.47. The third-order valence-electron chi connectivity index (χ3n) is 2.16. The highest BCUT2D eigenvalue weighted by atomic mass is 32.2. The average molecular weight is 240 g/mol. The van der Waals surface area contributed by atoms with Crippen LogP contribution in [-0.4, -0.2) is 31.9 Å². The Balaban J connectivity index is 2.76. The van der Waals surface area contributed by atoms with Crippen LogP contribution in [0.1, 0.15) is 0 Å². The van der Waals surface area contributed by atoms with Crippen molar-refractivity contribution in [1.82, 2.24) is 0 Å². The van der Waals surface area contributed by atoms with Gasteiger partial charge in [0.25, 0.3) is 5.91 Å². The minimum atomic E-state index is -0.602. The molecular weight excluding hydrogens is 224 g/mol. The normalized spacial score (nSPS) is 12.2. The molecule has 0 saturated heterocycles. The van der Waals surface area contributed by atoms with Gasteiger partial charge in [-0.25, -0.2) is 0 Å². The minimum Gasteiger partial charge on any atom is -0.370 e. The number of hydrogen-bond acceptors (Lipinski definition) is 4. The number of nitrogens with two attached hydrogens (primary N) is 1. The Morgan fingerprint density at radius 3 is 2.81 bits per heavy atom. The lowest BCUT2D eigenvalue weighted by Crippen LogP contribution is -2.36. The van der Waals surface area contributed by atoms with Crippen LogP contribution < -0.4 is 11.1 Å². The van der Waals surface area contributed by atoms with E-state index >= 15 is 0 Å². The zero-order valence-electron chi connectivity index (χ0n) is 9.40. The van der Waals surface area contributed by atoms with E-state index in [1.807, 2.05) is 30.5 Å². The van der Waals surface area contributed by atoms with Crippen LogP contribution in [0, 0.1) is 0 Å². The largest absolute Gasteiger partial charge is 0.370 e. The van der Waals surface area contributed by atoms with Crippen molar-refractivity contribution in [3.63, 3.8) is 0 Å². The third kappa shape index (κ3) is 3.23. The Hall–Kier alpha value is -1.04. The molecule has 1 rings (SSSR count). The van der Waals surface area contributed by atoms with Gasteiger partial charge in [-0.1, -0.05) is 12.1 Å². The van der Waals surface area contributed by atoms with Crippen LogP contribution in [0.2, 0.25) is 0 Å². The van der Waals surface area contributed by atoms with Gasteiger partial charge in [-0.3, -0.25) is 4.79 Å². The molecule has 88 valence electrons. The van der Waals surface area contributed by atoms with E-state index in [1.54, 1.807) is 11.8 Å². The van der Waals surface area contributed by atoms with Crippen molar-refractivity contribution in [2.45, 2.75) is 11.0 Å². The number of nitrogens with one attached hydrogen (secondary N) is 1. The van der Waals surface area contributed by atoms with Crippen molar-refractivity contribution in [2.75, 3.05) is 25.2 Å². The molecule has 3 N–H and O–H groups in total. The Labute approximate surface area is 99.5 Å². The fourth-order valence-corrected chi connectivity index (χ4v) is 1.83. The molecular formula is C11H16N2O2S. The second kappa shape index (κ2) is 6.52. The van der Waals surface area contributed by atoms with E-state index in [0.717, 1.165) is 10.6 Å². The van der Waals surface area contributed by atoms with Gasteiger partial charge in [-0.2, -0.15) is 0 Å². The summed E-state index contributed by atoms with van der Waals surface area (Å²) in [4.78, 5) is 12.7. The Kier molecular flexibility index (Phi) is 5.31. The first kappa shape index (κ1) is 13.0. The summed E-state index contributed by atoms with van der Waals surface area (Å²) in [6, 6.07) is 7.61. The predicted molar refractivity (Wildman–Crippen MR) is 66.7 cm³/mol. The van der Waals surface area contributed by atoms with Crippen LogP contribution in [-0.2, 0) is 9.53 Å². The van der Waals surface area contributed by atoms with Crippen LogP contribution in [0.4, 0.5) is 5.69 Å². The maximum atomic E-state index is 11.7. The van der Waals surface area contributed by atoms with Crippen molar-refractivity contribution in [3.05, 3.63) is 24.3 Å². The predicted octanol–water partition coefficient (Wildman–Crippen LogP) is 1.32. The maximum absolute atomic E-state index is 11.7. The van der Waals surface area contributed by atoms with E-state index in [4.69, 9.17) is 10.5 Å². The highest BCUT2D eigenvalue weighted by molar-refractivity contribution is 7.98. The molecule has 1 aromatic rings. The molecule has 16 heavy (non-hydrogen) atoms. The van der Waals surface area contributed by atoms with Gasteiger partial charge in [0.2, 0.25) is 0 Å². The quantitative estimate of drug-likeness (QED) is 0.762. The van der Waals surface area contributed by atoms with E-state index in [1.165, 1.54) is 7.11 Å². The van der Waals surface area contributed by atoms with Crippen molar-refractivity contribution in [3.8, 4) is 0 Å². The maximum Gasteiger partial charge on any atom is 0.254 e. The number of hydrogen-bond donors (Lipinski definition) is 2. The van der Waals surface area contributed by atoms with Gasteiger partial charge >= 0.3 is 0 Å². The van der Waals surface area contributed by atoms with Crippen molar-refractivity contribution < 1.29 is 9.53 Å². The third-order valence-corrected chi connectivity index (χ3v) is 2.95. The SMILES string of the molecule is COC(CN)C(=O)Nc1ccccc1SC. The van der Waals surface area contributed by atoms with Crippen LogP contribution in [0.5, 0.6) is 0 Å². The first-order valence-electron chi connectivity index (χ1n) is 4.89. The van der Waals surface area contributed by atoms with Crippen LogP contribution in [0.3, 0.4) is 0 Å². The molecule has 0 fully saturated rings. The van der Waals surface area contributed by atoms with Crippen molar-refractivity contribution >= 4 is 23.4 Å². The summed E-state index contributed by atoms with van der Waals surface area (Å²) in [6.45, 7) is 0.170. The number of ether oxygens (including phenoxy) is 1. The zero-order chi connectivity index (χ0) is 12.0. The summed E-state index contributed by atoms with van der Waals surface area (Å²) in [6.07, 6.45) is 1.36. The molecule has 0 bridgehead atoms. The molecule has 0 radical (unpaired) electrons. The number of para-hydroxylation sites is 1. The average Bonchev–Trinajstić information content (AvgIpc) is 2.31. The number of benzene rings is 1. The molecule has 5 heteroatoms. The fraction of sp³-hybridized carbons (Fsp3) is 0.364. The first-order valence-corrected chi connectivity index (χ1v) is 6.12. The van der Waals surface area contributed by atoms with E-state index in [9.17, 15) is 4.79 Å². The Morgan fingerprint density at radius 1 is 1.56 bits per heavy atom. The highest BCUT2D eigenvalue weighted by Gasteiger charge is 2.16. The number of rotatable bonds is 5. The molecule has 0 aromatic heterocycles. The lowest BCUT2D eigenvalue weighted by atomic mass is 10.3. The molecule has 0 heterocycles. The van der Waals surface area contributed by atoms with E-state index in [2.05, 4.69) is 5.32 Å². The van der Waals surface area contributed by atoms with Gasteiger partial charge in [0.15, 0.2) is 0 Å². The topological polar surface area (TPSA) is 64.3 Å². The van der Waals surface area contributed by atoms with E-state index in [0.29, 0.717) is 0 Å². The molecule has 0 saturated carbocycles. The van der Waals surface area contributed by atoms with E-state index < -0.39 is 6.10 Å². The van der Waals surface area contributed by atoms with E-state index in [-0.39, 0.29) is 12.5 Å². The second-order valence-corrected chi connectivity index (χ2v) is 4.00. The van der Waals surface area contributed by atoms with Gasteiger partial charge in [-0.05, 0) is 18.4 Å². The summed E-state index contributed by atoms with van der Waals surface area (Å²) < 4.78 is 4.96.